The second-order valence-corrected chi connectivity index (χ2v) is 9.10. The summed E-state index contributed by atoms with van der Waals surface area (Å²) in [6, 6.07) is 8.42. The van der Waals surface area contributed by atoms with Gasteiger partial charge in [-0.1, -0.05) is 17.7 Å². The molecule has 1 aliphatic rings. The molecule has 1 aromatic carbocycles. The summed E-state index contributed by atoms with van der Waals surface area (Å²) in [5.41, 5.74) is 2.45. The van der Waals surface area contributed by atoms with Gasteiger partial charge in [0.15, 0.2) is 11.6 Å². The van der Waals surface area contributed by atoms with E-state index in [2.05, 4.69) is 25.3 Å². The number of pyridine rings is 1. The number of aromatic nitrogens is 4. The van der Waals surface area contributed by atoms with Crippen LogP contribution in [0.4, 0.5) is 5.82 Å². The number of benzene rings is 1. The highest BCUT2D eigenvalue weighted by molar-refractivity contribution is 6.35. The smallest absolute Gasteiger partial charge is 0.196 e. The molecule has 36 heavy (non-hydrogen) atoms. The van der Waals surface area contributed by atoms with Crippen LogP contribution in [0.2, 0.25) is 5.02 Å². The Morgan fingerprint density at radius 2 is 2.08 bits per heavy atom. The van der Waals surface area contributed by atoms with Crippen LogP contribution in [0.25, 0.3) is 11.0 Å². The first-order valence-electron chi connectivity index (χ1n) is 11.6. The number of nitrogens with zero attached hydrogens (tertiary/aromatic N) is 3. The molecule has 3 N–H and O–H groups in total. The van der Waals surface area contributed by atoms with Crippen LogP contribution < -0.4 is 5.32 Å². The van der Waals surface area contributed by atoms with E-state index in [4.69, 9.17) is 16.3 Å². The summed E-state index contributed by atoms with van der Waals surface area (Å²) in [5.74, 6) is 0.157. The molecule has 4 aromatic rings. The van der Waals surface area contributed by atoms with Crippen molar-refractivity contribution in [3.63, 3.8) is 0 Å². The summed E-state index contributed by atoms with van der Waals surface area (Å²) >= 11 is 6.51. The number of carbonyl (C=O) groups excluding carboxylic acids is 2. The van der Waals surface area contributed by atoms with E-state index in [1.54, 1.807) is 42.7 Å². The molecule has 0 unspecified atom stereocenters. The van der Waals surface area contributed by atoms with E-state index in [9.17, 15) is 14.7 Å². The fourth-order valence-corrected chi connectivity index (χ4v) is 4.61. The van der Waals surface area contributed by atoms with Crippen molar-refractivity contribution >= 4 is 40.0 Å². The molecule has 1 saturated heterocycles. The van der Waals surface area contributed by atoms with Crippen molar-refractivity contribution in [3.05, 3.63) is 82.5 Å². The van der Waals surface area contributed by atoms with Crippen molar-refractivity contribution in [2.45, 2.75) is 31.4 Å². The molecule has 10 heteroatoms. The Kier molecular flexibility index (Phi) is 7.04. The minimum atomic E-state index is -0.283. The number of ether oxygens (including phenoxy) is 1. The predicted octanol–water partition coefficient (Wildman–Crippen LogP) is 3.61. The Morgan fingerprint density at radius 1 is 1.19 bits per heavy atom. The maximum atomic E-state index is 13.5. The number of H-pyrrole nitrogens is 1. The molecule has 2 atom stereocenters. The van der Waals surface area contributed by atoms with Crippen LogP contribution in [-0.2, 0) is 11.2 Å². The van der Waals surface area contributed by atoms with Crippen molar-refractivity contribution in [2.24, 2.45) is 0 Å². The molecule has 184 valence electrons. The van der Waals surface area contributed by atoms with E-state index in [0.717, 1.165) is 12.8 Å². The summed E-state index contributed by atoms with van der Waals surface area (Å²) < 4.78 is 5.66. The number of aliphatic hydroxyl groups is 1. The minimum absolute atomic E-state index is 0.00188. The highest BCUT2D eigenvalue weighted by Gasteiger charge is 2.25. The molecule has 0 aliphatic carbocycles. The van der Waals surface area contributed by atoms with E-state index < -0.39 is 0 Å². The topological polar surface area (TPSA) is 130 Å². The van der Waals surface area contributed by atoms with E-state index in [1.807, 2.05) is 0 Å². The summed E-state index contributed by atoms with van der Waals surface area (Å²) in [5, 5.41) is 13.5. The van der Waals surface area contributed by atoms with Gasteiger partial charge >= 0.3 is 0 Å². The van der Waals surface area contributed by atoms with Gasteiger partial charge in [-0.2, -0.15) is 0 Å². The van der Waals surface area contributed by atoms with Crippen LogP contribution in [0.1, 0.15) is 44.7 Å². The molecule has 0 spiro atoms. The fraction of sp³-hybridized carbons (Fsp3) is 0.269. The Hall–Kier alpha value is -3.66. The zero-order valence-electron chi connectivity index (χ0n) is 19.3. The Morgan fingerprint density at radius 3 is 2.81 bits per heavy atom. The number of halogens is 1. The zero-order valence-corrected chi connectivity index (χ0v) is 20.0. The van der Waals surface area contributed by atoms with Crippen LogP contribution in [0.5, 0.6) is 0 Å². The lowest BCUT2D eigenvalue weighted by Crippen LogP contribution is -2.36. The van der Waals surface area contributed by atoms with Gasteiger partial charge in [0.05, 0.1) is 41.3 Å². The number of hydrogen-bond donors (Lipinski definition) is 3. The lowest BCUT2D eigenvalue weighted by Gasteiger charge is -2.29. The number of ketones is 2. The molecule has 0 amide bonds. The average Bonchev–Trinajstić information content (AvgIpc) is 3.35. The maximum Gasteiger partial charge on any atom is 0.196 e. The van der Waals surface area contributed by atoms with Gasteiger partial charge in [-0.3, -0.25) is 14.6 Å². The monoisotopic (exact) mass is 505 g/mol. The van der Waals surface area contributed by atoms with Crippen LogP contribution in [0.3, 0.4) is 0 Å². The number of nitrogens with one attached hydrogen (secondary N) is 2. The largest absolute Gasteiger partial charge is 0.394 e. The van der Waals surface area contributed by atoms with Gasteiger partial charge in [-0.15, -0.1) is 0 Å². The van der Waals surface area contributed by atoms with E-state index in [0.29, 0.717) is 45.7 Å². The van der Waals surface area contributed by atoms with Crippen LogP contribution in [0, 0.1) is 0 Å². The van der Waals surface area contributed by atoms with Gasteiger partial charge in [0.1, 0.15) is 17.8 Å². The highest BCUT2D eigenvalue weighted by atomic mass is 35.5. The number of fused-ring (bicyclic) bond motifs is 1. The molecule has 9 nitrogen and oxygen atoms in total. The SMILES string of the molecule is O=C(Cc1ccc(C(=O)c2c[nH]c3ncnc(N[C@H]4CC[C@@H](CO)OC4)c23)c(Cl)c1)c1cccnc1. The van der Waals surface area contributed by atoms with Crippen molar-refractivity contribution in [2.75, 3.05) is 18.5 Å². The lowest BCUT2D eigenvalue weighted by atomic mass is 9.99. The van der Waals surface area contributed by atoms with Gasteiger partial charge in [0.25, 0.3) is 0 Å². The zero-order chi connectivity index (χ0) is 25.1. The summed E-state index contributed by atoms with van der Waals surface area (Å²) in [6.07, 6.45) is 7.69. The number of aliphatic hydroxyl groups excluding tert-OH is 1. The van der Waals surface area contributed by atoms with Crippen molar-refractivity contribution in [1.82, 2.24) is 19.9 Å². The Labute approximate surface area is 211 Å². The molecule has 3 aromatic heterocycles. The fourth-order valence-electron chi connectivity index (χ4n) is 4.32. The van der Waals surface area contributed by atoms with E-state index in [-0.39, 0.29) is 41.8 Å². The summed E-state index contributed by atoms with van der Waals surface area (Å²) in [4.78, 5) is 41.7. The number of Topliss-reactive ketones (excluding diaryl/α,β-unsaturated/α-hetero) is 1. The van der Waals surface area contributed by atoms with Gasteiger partial charge in [-0.05, 0) is 42.7 Å². The number of rotatable bonds is 8. The molecule has 0 radical (unpaired) electrons. The molecule has 4 heterocycles. The van der Waals surface area contributed by atoms with Crippen LogP contribution in [0.15, 0.2) is 55.2 Å². The minimum Gasteiger partial charge on any atom is -0.394 e. The molecular weight excluding hydrogens is 482 g/mol. The first-order valence-corrected chi connectivity index (χ1v) is 12.0. The number of aromatic amines is 1. The normalized spacial score (nSPS) is 17.7. The third-order valence-corrected chi connectivity index (χ3v) is 6.57. The van der Waals surface area contributed by atoms with Crippen LogP contribution >= 0.6 is 11.6 Å². The summed E-state index contributed by atoms with van der Waals surface area (Å²) in [7, 11) is 0. The van der Waals surface area contributed by atoms with Crippen LogP contribution in [-0.4, -0.2) is 62.0 Å². The van der Waals surface area contributed by atoms with Gasteiger partial charge in [0, 0.05) is 36.1 Å². The number of carbonyl (C=O) groups is 2. The van der Waals surface area contributed by atoms with Gasteiger partial charge in [-0.25, -0.2) is 9.97 Å². The molecule has 5 rings (SSSR count). The predicted molar refractivity (Wildman–Crippen MR) is 135 cm³/mol. The maximum absolute atomic E-state index is 13.5. The first kappa shape index (κ1) is 24.1. The second-order valence-electron chi connectivity index (χ2n) is 8.69. The number of hydrogen-bond acceptors (Lipinski definition) is 8. The van der Waals surface area contributed by atoms with Gasteiger partial charge < -0.3 is 20.1 Å². The quantitative estimate of drug-likeness (QED) is 0.309. The van der Waals surface area contributed by atoms with Gasteiger partial charge in [0.2, 0.25) is 0 Å². The molecule has 0 bridgehead atoms. The number of anilines is 1. The third kappa shape index (κ3) is 4.99. The van der Waals surface area contributed by atoms with Crippen molar-refractivity contribution < 1.29 is 19.4 Å². The molecule has 1 fully saturated rings. The van der Waals surface area contributed by atoms with E-state index >= 15 is 0 Å². The average molecular weight is 506 g/mol. The van der Waals surface area contributed by atoms with Crippen molar-refractivity contribution in [3.8, 4) is 0 Å². The molecular formula is C26H24ClN5O4. The van der Waals surface area contributed by atoms with E-state index in [1.165, 1.54) is 12.5 Å². The third-order valence-electron chi connectivity index (χ3n) is 6.26. The molecule has 1 aliphatic heterocycles. The highest BCUT2D eigenvalue weighted by Crippen LogP contribution is 2.30. The van der Waals surface area contributed by atoms with Crippen molar-refractivity contribution in [1.29, 1.82) is 0 Å². The Balaban J connectivity index is 1.38. The standard InChI is InChI=1S/C26H24ClN5O4/c27-21-8-15(9-22(34)16-2-1-7-28-10-16)3-6-19(21)24(35)20-11-29-25-23(20)26(31-14-30-25)32-17-4-5-18(12-33)36-13-17/h1-3,6-8,10-11,14,17-18,33H,4-5,9,12-13H2,(H2,29,30,31,32)/t17-,18-/m0/s1. The first-order chi connectivity index (χ1) is 17.5. The summed E-state index contributed by atoms with van der Waals surface area (Å²) in [6.45, 7) is 0.424. The molecule has 0 saturated carbocycles. The lowest BCUT2D eigenvalue weighted by molar-refractivity contribution is -0.0224. The Bertz CT molecular complexity index is 1400. The second kappa shape index (κ2) is 10.5.